The highest BCUT2D eigenvalue weighted by molar-refractivity contribution is 5.78. The molecule has 104 valence electrons. The molecule has 0 aliphatic rings. The highest BCUT2D eigenvalue weighted by atomic mass is 16.1. The summed E-state index contributed by atoms with van der Waals surface area (Å²) in [4.78, 5) is 16.1. The van der Waals surface area contributed by atoms with Crippen LogP contribution in [-0.2, 0) is 24.3 Å². The molecule has 1 aromatic carbocycles. The van der Waals surface area contributed by atoms with Crippen LogP contribution >= 0.6 is 0 Å². The molecule has 0 bridgehead atoms. The number of hydrogen-bond donors (Lipinski definition) is 2. The van der Waals surface area contributed by atoms with E-state index in [1.165, 1.54) is 0 Å². The van der Waals surface area contributed by atoms with Crippen molar-refractivity contribution in [3.05, 3.63) is 65.0 Å². The molecule has 0 aliphatic carbocycles. The van der Waals surface area contributed by atoms with Gasteiger partial charge in [-0.15, -0.1) is 0 Å². The number of nitrogens with one attached hydrogen (secondary N) is 1. The summed E-state index contributed by atoms with van der Waals surface area (Å²) in [5, 5.41) is 2.90. The van der Waals surface area contributed by atoms with Crippen molar-refractivity contribution >= 4 is 5.91 Å². The minimum Gasteiger partial charge on any atom is -0.352 e. The number of nitrogens with zero attached hydrogens (tertiary/aromatic N) is 1. The fourth-order valence-electron chi connectivity index (χ4n) is 1.97. The lowest BCUT2D eigenvalue weighted by molar-refractivity contribution is -0.120. The highest BCUT2D eigenvalue weighted by Crippen LogP contribution is 2.08. The number of nitrogens with two attached hydrogens (primary N) is 1. The lowest BCUT2D eigenvalue weighted by Gasteiger charge is -2.08. The van der Waals surface area contributed by atoms with Gasteiger partial charge in [0, 0.05) is 25.0 Å². The normalized spacial score (nSPS) is 10.3. The summed E-state index contributed by atoms with van der Waals surface area (Å²) in [5.74, 6) is -0.00789. The Kier molecular flexibility index (Phi) is 4.85. The van der Waals surface area contributed by atoms with Crippen LogP contribution in [0.3, 0.4) is 0 Å². The Labute approximate surface area is 119 Å². The fraction of sp³-hybridized carbons (Fsp3) is 0.250. The number of carbonyl (C=O) groups is 1. The van der Waals surface area contributed by atoms with Gasteiger partial charge in [-0.3, -0.25) is 9.78 Å². The van der Waals surface area contributed by atoms with Crippen molar-refractivity contribution in [1.29, 1.82) is 0 Å². The van der Waals surface area contributed by atoms with E-state index in [9.17, 15) is 4.79 Å². The van der Waals surface area contributed by atoms with Gasteiger partial charge in [-0.25, -0.2) is 0 Å². The monoisotopic (exact) mass is 269 g/mol. The molecule has 4 heteroatoms. The Bertz CT molecular complexity index is 579. The minimum absolute atomic E-state index is 0.00789. The van der Waals surface area contributed by atoms with E-state index in [1.807, 2.05) is 43.3 Å². The molecule has 2 rings (SSSR count). The molecule has 2 aromatic rings. The average Bonchev–Trinajstić information content (AvgIpc) is 2.47. The highest BCUT2D eigenvalue weighted by Gasteiger charge is 2.06. The minimum atomic E-state index is -0.00789. The number of aryl methyl sites for hydroxylation is 1. The predicted octanol–water partition coefficient (Wildman–Crippen LogP) is 1.71. The number of pyridine rings is 1. The Balaban J connectivity index is 1.91. The molecule has 20 heavy (non-hydrogen) atoms. The third kappa shape index (κ3) is 3.90. The van der Waals surface area contributed by atoms with E-state index in [1.54, 1.807) is 6.20 Å². The Morgan fingerprint density at radius 1 is 1.20 bits per heavy atom. The smallest absolute Gasteiger partial charge is 0.224 e. The van der Waals surface area contributed by atoms with E-state index in [-0.39, 0.29) is 5.91 Å². The van der Waals surface area contributed by atoms with Gasteiger partial charge in [0.15, 0.2) is 0 Å². The fourth-order valence-corrected chi connectivity index (χ4v) is 1.97. The molecule has 4 nitrogen and oxygen atoms in total. The van der Waals surface area contributed by atoms with Gasteiger partial charge in [-0.05, 0) is 29.7 Å². The molecule has 1 heterocycles. The summed E-state index contributed by atoms with van der Waals surface area (Å²) >= 11 is 0. The molecule has 0 saturated carbocycles. The van der Waals surface area contributed by atoms with E-state index in [0.717, 1.165) is 22.4 Å². The van der Waals surface area contributed by atoms with Gasteiger partial charge < -0.3 is 11.1 Å². The summed E-state index contributed by atoms with van der Waals surface area (Å²) in [5.41, 5.74) is 9.63. The number of amides is 1. The van der Waals surface area contributed by atoms with Crippen LogP contribution in [0.5, 0.6) is 0 Å². The van der Waals surface area contributed by atoms with E-state index in [0.29, 0.717) is 19.5 Å². The van der Waals surface area contributed by atoms with Crippen molar-refractivity contribution < 1.29 is 4.79 Å². The van der Waals surface area contributed by atoms with Crippen molar-refractivity contribution in [2.75, 3.05) is 0 Å². The van der Waals surface area contributed by atoms with Gasteiger partial charge in [0.25, 0.3) is 0 Å². The van der Waals surface area contributed by atoms with Gasteiger partial charge in [-0.2, -0.15) is 0 Å². The largest absolute Gasteiger partial charge is 0.352 e. The number of aromatic nitrogens is 1. The van der Waals surface area contributed by atoms with Crippen LogP contribution in [0.4, 0.5) is 0 Å². The van der Waals surface area contributed by atoms with Gasteiger partial charge in [0.1, 0.15) is 0 Å². The van der Waals surface area contributed by atoms with Crippen molar-refractivity contribution in [2.24, 2.45) is 5.73 Å². The third-order valence-electron chi connectivity index (χ3n) is 3.15. The Morgan fingerprint density at radius 2 is 1.95 bits per heavy atom. The molecule has 0 aliphatic heterocycles. The second-order valence-corrected chi connectivity index (χ2v) is 4.73. The SMILES string of the molecule is Cc1ccc(CNC(=O)Cc2ccccc2CN)cn1. The molecule has 1 amide bonds. The molecule has 0 saturated heterocycles. The van der Waals surface area contributed by atoms with Crippen LogP contribution in [-0.4, -0.2) is 10.9 Å². The van der Waals surface area contributed by atoms with Gasteiger partial charge in [-0.1, -0.05) is 30.3 Å². The lowest BCUT2D eigenvalue weighted by Crippen LogP contribution is -2.25. The number of hydrogen-bond acceptors (Lipinski definition) is 3. The van der Waals surface area contributed by atoms with Crippen LogP contribution < -0.4 is 11.1 Å². The van der Waals surface area contributed by atoms with Crippen molar-refractivity contribution in [2.45, 2.75) is 26.4 Å². The first-order valence-corrected chi connectivity index (χ1v) is 6.64. The average molecular weight is 269 g/mol. The molecule has 3 N–H and O–H groups in total. The lowest BCUT2D eigenvalue weighted by atomic mass is 10.0. The van der Waals surface area contributed by atoms with E-state index < -0.39 is 0 Å². The van der Waals surface area contributed by atoms with E-state index >= 15 is 0 Å². The zero-order valence-corrected chi connectivity index (χ0v) is 11.6. The van der Waals surface area contributed by atoms with Crippen molar-refractivity contribution in [1.82, 2.24) is 10.3 Å². The maximum absolute atomic E-state index is 11.9. The second kappa shape index (κ2) is 6.82. The van der Waals surface area contributed by atoms with Crippen LogP contribution in [0, 0.1) is 6.92 Å². The van der Waals surface area contributed by atoms with Gasteiger partial charge in [0.05, 0.1) is 6.42 Å². The first-order chi connectivity index (χ1) is 9.69. The molecule has 0 unspecified atom stereocenters. The van der Waals surface area contributed by atoms with E-state index in [4.69, 9.17) is 5.73 Å². The quantitative estimate of drug-likeness (QED) is 0.868. The summed E-state index contributed by atoms with van der Waals surface area (Å²) in [7, 11) is 0. The van der Waals surface area contributed by atoms with Gasteiger partial charge >= 0.3 is 0 Å². The zero-order chi connectivity index (χ0) is 14.4. The van der Waals surface area contributed by atoms with Crippen LogP contribution in [0.25, 0.3) is 0 Å². The molecular weight excluding hydrogens is 250 g/mol. The summed E-state index contributed by atoms with van der Waals surface area (Å²) in [6, 6.07) is 11.6. The number of benzene rings is 1. The van der Waals surface area contributed by atoms with Crippen LogP contribution in [0.15, 0.2) is 42.6 Å². The zero-order valence-electron chi connectivity index (χ0n) is 11.6. The number of carbonyl (C=O) groups excluding carboxylic acids is 1. The molecule has 0 atom stereocenters. The molecule has 0 spiro atoms. The molecule has 1 aromatic heterocycles. The summed E-state index contributed by atoms with van der Waals surface area (Å²) in [6.07, 6.45) is 2.14. The van der Waals surface area contributed by atoms with Crippen molar-refractivity contribution in [3.63, 3.8) is 0 Å². The Morgan fingerprint density at radius 3 is 2.60 bits per heavy atom. The van der Waals surface area contributed by atoms with Crippen LogP contribution in [0.2, 0.25) is 0 Å². The predicted molar refractivity (Wildman–Crippen MR) is 78.9 cm³/mol. The van der Waals surface area contributed by atoms with E-state index in [2.05, 4.69) is 10.3 Å². The third-order valence-corrected chi connectivity index (χ3v) is 3.15. The number of rotatable bonds is 5. The second-order valence-electron chi connectivity index (χ2n) is 4.73. The maximum atomic E-state index is 11.9. The first kappa shape index (κ1) is 14.2. The summed E-state index contributed by atoms with van der Waals surface area (Å²) < 4.78 is 0. The molecule has 0 radical (unpaired) electrons. The summed E-state index contributed by atoms with van der Waals surface area (Å²) in [6.45, 7) is 2.88. The van der Waals surface area contributed by atoms with Crippen LogP contribution in [0.1, 0.15) is 22.4 Å². The standard InChI is InChI=1S/C16H19N3O/c1-12-6-7-13(10-18-12)11-19-16(20)8-14-4-2-3-5-15(14)9-17/h2-7,10H,8-9,11,17H2,1H3,(H,19,20). The maximum Gasteiger partial charge on any atom is 0.224 e. The van der Waals surface area contributed by atoms with Gasteiger partial charge in [0.2, 0.25) is 5.91 Å². The molecule has 0 fully saturated rings. The first-order valence-electron chi connectivity index (χ1n) is 6.64. The Hall–Kier alpha value is -2.20. The topological polar surface area (TPSA) is 68.0 Å². The van der Waals surface area contributed by atoms with Crippen molar-refractivity contribution in [3.8, 4) is 0 Å². The molecular formula is C16H19N3O.